The van der Waals surface area contributed by atoms with E-state index < -0.39 is 0 Å². The minimum absolute atomic E-state index is 0.755. The maximum atomic E-state index is 3.42. The fourth-order valence-electron chi connectivity index (χ4n) is 2.33. The van der Waals surface area contributed by atoms with Crippen molar-refractivity contribution in [3.8, 4) is 0 Å². The Bertz CT molecular complexity index is 108. The minimum Gasteiger partial charge on any atom is -0.346 e. The number of rotatable bonds is 0. The van der Waals surface area contributed by atoms with Crippen LogP contribution in [0.15, 0.2) is 0 Å². The molecule has 10 heavy (non-hydrogen) atoms. The van der Waals surface area contributed by atoms with E-state index in [9.17, 15) is 0 Å². The molecule has 2 rings (SSSR count). The molecule has 0 saturated carbocycles. The van der Waals surface area contributed by atoms with E-state index in [-0.39, 0.29) is 0 Å². The van der Waals surface area contributed by atoms with Crippen LogP contribution in [0.25, 0.3) is 0 Å². The van der Waals surface area contributed by atoms with E-state index in [2.05, 4.69) is 10.6 Å². The van der Waals surface area contributed by atoms with Crippen molar-refractivity contribution in [3.05, 3.63) is 0 Å². The Labute approximate surface area is 62.4 Å². The van der Waals surface area contributed by atoms with Crippen LogP contribution in [0.4, 0.5) is 0 Å². The van der Waals surface area contributed by atoms with Crippen LogP contribution in [0, 0.1) is 5.41 Å². The second-order valence-electron chi connectivity index (χ2n) is 3.78. The lowest BCUT2D eigenvalue weighted by atomic mass is 9.78. The van der Waals surface area contributed by atoms with Gasteiger partial charge >= 0.3 is 0 Å². The molecule has 2 heteroatoms. The summed E-state index contributed by atoms with van der Waals surface area (Å²) < 4.78 is 0. The maximum absolute atomic E-state index is 3.42. The van der Waals surface area contributed by atoms with E-state index in [1.54, 1.807) is 0 Å². The van der Waals surface area contributed by atoms with Crippen molar-refractivity contribution < 1.29 is 5.32 Å². The van der Waals surface area contributed by atoms with Crippen LogP contribution in [0.1, 0.15) is 19.3 Å². The van der Waals surface area contributed by atoms with Gasteiger partial charge < -0.3 is 10.6 Å². The number of hydrogen-bond acceptors (Lipinski definition) is 1. The number of hydrogen-bond donors (Lipinski definition) is 2. The van der Waals surface area contributed by atoms with Gasteiger partial charge in [-0.1, -0.05) is 0 Å². The van der Waals surface area contributed by atoms with Crippen LogP contribution in [-0.2, 0) is 0 Å². The van der Waals surface area contributed by atoms with Crippen molar-refractivity contribution in [1.82, 2.24) is 5.32 Å². The molecule has 58 valence electrons. The molecular formula is C8H17N2+. The standard InChI is InChI=1S/C8H16N2/c1-4-9-5-2-8(1)3-6-10-7-8/h9-10H,1-7H2/p+1. The predicted molar refractivity (Wildman–Crippen MR) is 40.8 cm³/mol. The highest BCUT2D eigenvalue weighted by molar-refractivity contribution is 4.85. The molecule has 1 spiro atoms. The summed E-state index contributed by atoms with van der Waals surface area (Å²) in [4.78, 5) is 0. The Morgan fingerprint density at radius 2 is 1.90 bits per heavy atom. The molecule has 3 N–H and O–H groups in total. The van der Waals surface area contributed by atoms with Gasteiger partial charge in [0, 0.05) is 11.8 Å². The molecule has 0 bridgehead atoms. The average molecular weight is 141 g/mol. The molecular weight excluding hydrogens is 124 g/mol. The molecule has 2 nitrogen and oxygen atoms in total. The first-order valence-corrected chi connectivity index (χ1v) is 4.44. The highest BCUT2D eigenvalue weighted by Gasteiger charge is 2.37. The van der Waals surface area contributed by atoms with Gasteiger partial charge in [0.25, 0.3) is 0 Å². The number of nitrogens with two attached hydrogens (primary N) is 1. The highest BCUT2D eigenvalue weighted by Crippen LogP contribution is 2.31. The van der Waals surface area contributed by atoms with Gasteiger partial charge in [-0.05, 0) is 25.9 Å². The van der Waals surface area contributed by atoms with Gasteiger partial charge in [-0.15, -0.1) is 0 Å². The van der Waals surface area contributed by atoms with Crippen molar-refractivity contribution in [2.24, 2.45) is 5.41 Å². The van der Waals surface area contributed by atoms with E-state index in [0.29, 0.717) is 0 Å². The molecule has 0 radical (unpaired) electrons. The molecule has 2 heterocycles. The molecule has 0 aromatic heterocycles. The smallest absolute Gasteiger partial charge is 0.0815 e. The van der Waals surface area contributed by atoms with Crippen molar-refractivity contribution in [3.63, 3.8) is 0 Å². The topological polar surface area (TPSA) is 28.6 Å². The molecule has 0 atom stereocenters. The van der Waals surface area contributed by atoms with Gasteiger partial charge in [-0.3, -0.25) is 0 Å². The molecule has 0 aromatic carbocycles. The van der Waals surface area contributed by atoms with Crippen LogP contribution >= 0.6 is 0 Å². The normalized spacial score (nSPS) is 31.2. The Morgan fingerprint density at radius 3 is 2.50 bits per heavy atom. The minimum atomic E-state index is 0.755. The summed E-state index contributed by atoms with van der Waals surface area (Å²) in [5, 5.41) is 5.90. The second-order valence-corrected chi connectivity index (χ2v) is 3.78. The quantitative estimate of drug-likeness (QED) is 0.460. The summed E-state index contributed by atoms with van der Waals surface area (Å²) in [6.07, 6.45) is 4.31. The molecule has 0 aliphatic carbocycles. The van der Waals surface area contributed by atoms with Crippen LogP contribution < -0.4 is 10.6 Å². The van der Waals surface area contributed by atoms with Gasteiger partial charge in [0.15, 0.2) is 0 Å². The van der Waals surface area contributed by atoms with Crippen LogP contribution in [-0.4, -0.2) is 26.2 Å². The average Bonchev–Trinajstić information content (AvgIpc) is 2.39. The Kier molecular flexibility index (Phi) is 1.66. The summed E-state index contributed by atoms with van der Waals surface area (Å²) in [7, 11) is 0. The van der Waals surface area contributed by atoms with E-state index in [0.717, 1.165) is 5.41 Å². The lowest BCUT2D eigenvalue weighted by Gasteiger charge is -2.30. The van der Waals surface area contributed by atoms with Crippen molar-refractivity contribution in [2.45, 2.75) is 19.3 Å². The van der Waals surface area contributed by atoms with Gasteiger partial charge in [0.05, 0.1) is 13.1 Å². The third-order valence-electron chi connectivity index (χ3n) is 3.12. The lowest BCUT2D eigenvalue weighted by Crippen LogP contribution is -2.82. The molecule has 0 unspecified atom stereocenters. The van der Waals surface area contributed by atoms with Crippen molar-refractivity contribution in [1.29, 1.82) is 0 Å². The third-order valence-corrected chi connectivity index (χ3v) is 3.12. The number of piperidine rings is 1. The third kappa shape index (κ3) is 1.06. The summed E-state index contributed by atoms with van der Waals surface area (Å²) in [6, 6.07) is 0. The monoisotopic (exact) mass is 141 g/mol. The predicted octanol–water partition coefficient (Wildman–Crippen LogP) is -0.677. The molecule has 2 saturated heterocycles. The summed E-state index contributed by atoms with van der Waals surface area (Å²) in [6.45, 7) is 5.29. The molecule has 2 aliphatic heterocycles. The first kappa shape index (κ1) is 6.62. The zero-order valence-corrected chi connectivity index (χ0v) is 6.53. The zero-order valence-electron chi connectivity index (χ0n) is 6.53. The Hall–Kier alpha value is -0.0800. The Morgan fingerprint density at radius 1 is 1.10 bits per heavy atom. The number of nitrogens with one attached hydrogen (secondary N) is 1. The van der Waals surface area contributed by atoms with E-state index in [1.165, 1.54) is 45.4 Å². The Balaban J connectivity index is 1.98. The molecule has 2 fully saturated rings. The summed E-state index contributed by atoms with van der Waals surface area (Å²) in [5.41, 5.74) is 0.755. The zero-order chi connectivity index (χ0) is 6.86. The lowest BCUT2D eigenvalue weighted by molar-refractivity contribution is -0.641. The molecule has 2 aliphatic rings. The number of quaternary nitrogens is 1. The summed E-state index contributed by atoms with van der Waals surface area (Å²) >= 11 is 0. The maximum Gasteiger partial charge on any atom is 0.0815 e. The van der Waals surface area contributed by atoms with E-state index in [4.69, 9.17) is 0 Å². The fourth-order valence-corrected chi connectivity index (χ4v) is 2.33. The van der Waals surface area contributed by atoms with Gasteiger partial charge in [-0.25, -0.2) is 0 Å². The fraction of sp³-hybridized carbons (Fsp3) is 1.00. The van der Waals surface area contributed by atoms with Crippen molar-refractivity contribution in [2.75, 3.05) is 26.2 Å². The van der Waals surface area contributed by atoms with Crippen LogP contribution in [0.2, 0.25) is 0 Å². The second kappa shape index (κ2) is 2.51. The highest BCUT2D eigenvalue weighted by atomic mass is 15.0. The summed E-state index contributed by atoms with van der Waals surface area (Å²) in [5.74, 6) is 0. The van der Waals surface area contributed by atoms with Crippen LogP contribution in [0.5, 0.6) is 0 Å². The van der Waals surface area contributed by atoms with Gasteiger partial charge in [0.2, 0.25) is 0 Å². The van der Waals surface area contributed by atoms with E-state index in [1.807, 2.05) is 0 Å². The first-order valence-electron chi connectivity index (χ1n) is 4.44. The first-order chi connectivity index (χ1) is 4.91. The van der Waals surface area contributed by atoms with Crippen molar-refractivity contribution >= 4 is 0 Å². The largest absolute Gasteiger partial charge is 0.346 e. The van der Waals surface area contributed by atoms with Gasteiger partial charge in [0.1, 0.15) is 0 Å². The van der Waals surface area contributed by atoms with Crippen LogP contribution in [0.3, 0.4) is 0 Å². The van der Waals surface area contributed by atoms with E-state index >= 15 is 0 Å². The molecule has 0 amide bonds. The SMILES string of the molecule is C1CC2(CCN1)CC[NH2+]C2. The van der Waals surface area contributed by atoms with Gasteiger partial charge in [-0.2, -0.15) is 0 Å². The molecule has 0 aromatic rings.